The van der Waals surface area contributed by atoms with E-state index in [-0.39, 0.29) is 11.9 Å². The van der Waals surface area contributed by atoms with Gasteiger partial charge >= 0.3 is 5.97 Å². The number of methoxy groups -OCH3 is 1. The van der Waals surface area contributed by atoms with Crippen LogP contribution < -0.4 is 0 Å². The molecule has 6 heteroatoms. The summed E-state index contributed by atoms with van der Waals surface area (Å²) in [4.78, 5) is 11.4. The smallest absolute Gasteiger partial charge is 0.309 e. The second-order valence-corrected chi connectivity index (χ2v) is 5.45. The average Bonchev–Trinajstić information content (AvgIpc) is 2.43. The van der Waals surface area contributed by atoms with Crippen molar-refractivity contribution in [3.63, 3.8) is 0 Å². The van der Waals surface area contributed by atoms with Crippen molar-refractivity contribution in [2.75, 3.05) is 58.3 Å². The molecule has 0 aromatic carbocycles. The van der Waals surface area contributed by atoms with Gasteiger partial charge in [-0.2, -0.15) is 11.8 Å². The van der Waals surface area contributed by atoms with Crippen LogP contribution in [-0.4, -0.2) is 64.2 Å². The lowest BCUT2D eigenvalue weighted by Gasteiger charge is -2.20. The fourth-order valence-electron chi connectivity index (χ4n) is 1.70. The summed E-state index contributed by atoms with van der Waals surface area (Å²) in [6, 6.07) is 0. The molecule has 1 fully saturated rings. The highest BCUT2D eigenvalue weighted by Crippen LogP contribution is 2.19. The van der Waals surface area contributed by atoms with E-state index in [9.17, 15) is 4.79 Å². The number of carbonyl (C=O) groups is 1. The van der Waals surface area contributed by atoms with E-state index in [2.05, 4.69) is 0 Å². The molecule has 5 nitrogen and oxygen atoms in total. The zero-order valence-electron chi connectivity index (χ0n) is 11.6. The number of thioether (sulfide) groups is 1. The molecule has 0 spiro atoms. The average molecular weight is 292 g/mol. The van der Waals surface area contributed by atoms with Gasteiger partial charge in [0.05, 0.1) is 45.6 Å². The quantitative estimate of drug-likeness (QED) is 0.423. The molecule has 0 radical (unpaired) electrons. The molecular formula is C13H24O5S. The van der Waals surface area contributed by atoms with Crippen LogP contribution in [0.4, 0.5) is 0 Å². The number of rotatable bonds is 11. The zero-order valence-corrected chi connectivity index (χ0v) is 12.4. The Kier molecular flexibility index (Phi) is 10.2. The van der Waals surface area contributed by atoms with Crippen LogP contribution in [0.15, 0.2) is 0 Å². The Balaban J connectivity index is 1.82. The molecule has 1 heterocycles. The van der Waals surface area contributed by atoms with Gasteiger partial charge < -0.3 is 18.9 Å². The second-order valence-electron chi connectivity index (χ2n) is 4.30. The van der Waals surface area contributed by atoms with Crippen LogP contribution in [0.1, 0.15) is 12.8 Å². The molecule has 1 saturated heterocycles. The van der Waals surface area contributed by atoms with Crippen LogP contribution in [0.25, 0.3) is 0 Å². The van der Waals surface area contributed by atoms with Gasteiger partial charge in [0.1, 0.15) is 0 Å². The van der Waals surface area contributed by atoms with Crippen molar-refractivity contribution in [3.05, 3.63) is 0 Å². The molecule has 0 N–H and O–H groups in total. The number of carbonyl (C=O) groups excluding carboxylic acids is 1. The SMILES string of the molecule is COCCOCCOCCSCC1CCCOC1=O. The molecule has 112 valence electrons. The van der Waals surface area contributed by atoms with Crippen LogP contribution in [-0.2, 0) is 23.7 Å². The van der Waals surface area contributed by atoms with Gasteiger partial charge in [-0.25, -0.2) is 0 Å². The van der Waals surface area contributed by atoms with Crippen LogP contribution in [0.5, 0.6) is 0 Å². The van der Waals surface area contributed by atoms with Crippen molar-refractivity contribution >= 4 is 17.7 Å². The predicted molar refractivity (Wildman–Crippen MR) is 74.5 cm³/mol. The Morgan fingerprint density at radius 2 is 1.95 bits per heavy atom. The Morgan fingerprint density at radius 1 is 1.21 bits per heavy atom. The first kappa shape index (κ1) is 16.8. The van der Waals surface area contributed by atoms with Crippen molar-refractivity contribution in [1.29, 1.82) is 0 Å². The first-order chi connectivity index (χ1) is 9.34. The molecule has 0 aliphatic carbocycles. The van der Waals surface area contributed by atoms with Crippen LogP contribution >= 0.6 is 11.8 Å². The Hall–Kier alpha value is -0.300. The minimum atomic E-state index is -0.0359. The zero-order chi connectivity index (χ0) is 13.8. The Labute approximate surface area is 119 Å². The van der Waals surface area contributed by atoms with E-state index in [4.69, 9.17) is 18.9 Å². The normalized spacial score (nSPS) is 19.4. The summed E-state index contributed by atoms with van der Waals surface area (Å²) in [6.07, 6.45) is 1.95. The third-order valence-electron chi connectivity index (χ3n) is 2.77. The van der Waals surface area contributed by atoms with Gasteiger partial charge in [-0.05, 0) is 12.8 Å². The minimum absolute atomic E-state index is 0.0359. The van der Waals surface area contributed by atoms with Crippen LogP contribution in [0.3, 0.4) is 0 Å². The molecule has 1 atom stereocenters. The number of hydrogen-bond acceptors (Lipinski definition) is 6. The molecule has 1 aliphatic heterocycles. The third-order valence-corrected chi connectivity index (χ3v) is 3.86. The lowest BCUT2D eigenvalue weighted by molar-refractivity contribution is -0.151. The first-order valence-corrected chi connectivity index (χ1v) is 7.89. The lowest BCUT2D eigenvalue weighted by Crippen LogP contribution is -2.26. The highest BCUT2D eigenvalue weighted by molar-refractivity contribution is 7.99. The number of hydrogen-bond donors (Lipinski definition) is 0. The molecule has 0 amide bonds. The van der Waals surface area contributed by atoms with E-state index in [1.165, 1.54) is 0 Å². The third kappa shape index (κ3) is 8.47. The van der Waals surface area contributed by atoms with Gasteiger partial charge in [0.2, 0.25) is 0 Å². The van der Waals surface area contributed by atoms with E-state index < -0.39 is 0 Å². The maximum absolute atomic E-state index is 11.4. The summed E-state index contributed by atoms with van der Waals surface area (Å²) < 4.78 is 20.6. The van der Waals surface area contributed by atoms with Crippen molar-refractivity contribution in [1.82, 2.24) is 0 Å². The van der Waals surface area contributed by atoms with E-state index in [1.807, 2.05) is 0 Å². The fourth-order valence-corrected chi connectivity index (χ4v) is 2.69. The number of esters is 1. The molecule has 0 aromatic heterocycles. The summed E-state index contributed by atoms with van der Waals surface area (Å²) in [6.45, 7) is 3.72. The second kappa shape index (κ2) is 11.5. The molecule has 1 aliphatic rings. The van der Waals surface area contributed by atoms with Crippen molar-refractivity contribution in [2.45, 2.75) is 12.8 Å². The van der Waals surface area contributed by atoms with Gasteiger partial charge in [-0.3, -0.25) is 4.79 Å². The van der Waals surface area contributed by atoms with Crippen molar-refractivity contribution < 1.29 is 23.7 Å². The Morgan fingerprint density at radius 3 is 2.68 bits per heavy atom. The largest absolute Gasteiger partial charge is 0.465 e. The van der Waals surface area contributed by atoms with Crippen molar-refractivity contribution in [3.8, 4) is 0 Å². The van der Waals surface area contributed by atoms with Crippen molar-refractivity contribution in [2.24, 2.45) is 5.92 Å². The van der Waals surface area contributed by atoms with Gasteiger partial charge in [-0.15, -0.1) is 0 Å². The van der Waals surface area contributed by atoms with Gasteiger partial charge in [-0.1, -0.05) is 0 Å². The monoisotopic (exact) mass is 292 g/mol. The molecular weight excluding hydrogens is 268 g/mol. The summed E-state index contributed by atoms with van der Waals surface area (Å²) in [7, 11) is 1.65. The summed E-state index contributed by atoms with van der Waals surface area (Å²) in [5.74, 6) is 1.79. The standard InChI is InChI=1S/C13H24O5S/c1-15-5-6-16-7-8-17-9-10-19-11-12-3-2-4-18-13(12)14/h12H,2-11H2,1H3. The number of cyclic esters (lactones) is 1. The topological polar surface area (TPSA) is 54.0 Å². The first-order valence-electron chi connectivity index (χ1n) is 6.73. The van der Waals surface area contributed by atoms with Gasteiger partial charge in [0, 0.05) is 18.6 Å². The van der Waals surface area contributed by atoms with E-state index in [0.717, 1.165) is 24.3 Å². The summed E-state index contributed by atoms with van der Waals surface area (Å²) in [5, 5.41) is 0. The van der Waals surface area contributed by atoms with Gasteiger partial charge in [0.15, 0.2) is 0 Å². The van der Waals surface area contributed by atoms with Crippen LogP contribution in [0.2, 0.25) is 0 Å². The highest BCUT2D eigenvalue weighted by atomic mass is 32.2. The molecule has 0 bridgehead atoms. The fraction of sp³-hybridized carbons (Fsp3) is 0.923. The van der Waals surface area contributed by atoms with Crippen LogP contribution in [0, 0.1) is 5.92 Å². The maximum Gasteiger partial charge on any atom is 0.309 e. The number of ether oxygens (including phenoxy) is 4. The summed E-state index contributed by atoms with van der Waals surface area (Å²) >= 11 is 1.75. The molecule has 0 saturated carbocycles. The van der Waals surface area contributed by atoms with Gasteiger partial charge in [0.25, 0.3) is 0 Å². The molecule has 19 heavy (non-hydrogen) atoms. The summed E-state index contributed by atoms with van der Waals surface area (Å²) in [5.41, 5.74) is 0. The highest BCUT2D eigenvalue weighted by Gasteiger charge is 2.23. The lowest BCUT2D eigenvalue weighted by atomic mass is 10.0. The van der Waals surface area contributed by atoms with E-state index >= 15 is 0 Å². The minimum Gasteiger partial charge on any atom is -0.465 e. The predicted octanol–water partition coefficient (Wildman–Crippen LogP) is 1.35. The maximum atomic E-state index is 11.4. The van der Waals surface area contributed by atoms with E-state index in [0.29, 0.717) is 39.6 Å². The molecule has 1 unspecified atom stereocenters. The Bertz CT molecular complexity index is 237. The molecule has 1 rings (SSSR count). The molecule has 0 aromatic rings. The van der Waals surface area contributed by atoms with E-state index in [1.54, 1.807) is 18.9 Å².